The van der Waals surface area contributed by atoms with Crippen LogP contribution in [0.15, 0.2) is 52.9 Å². The molecule has 0 spiro atoms. The van der Waals surface area contributed by atoms with Crippen LogP contribution in [-0.4, -0.2) is 18.5 Å². The number of aryl methyl sites for hydroxylation is 1. The number of aromatic nitrogens is 2. The van der Waals surface area contributed by atoms with E-state index in [2.05, 4.69) is 44.1 Å². The average molecular weight is 585 g/mol. The fraction of sp³-hybridized carbons (Fsp3) is 0.276. The Morgan fingerprint density at radius 1 is 1.03 bits per heavy atom. The Kier molecular flexibility index (Phi) is 8.08. The largest absolute Gasteiger partial charge is 0.543 e. The van der Waals surface area contributed by atoms with Crippen LogP contribution in [0.5, 0.6) is 17.2 Å². The van der Waals surface area contributed by atoms with Crippen LogP contribution in [0.2, 0.25) is 28.2 Å². The van der Waals surface area contributed by atoms with E-state index in [-0.39, 0.29) is 50.0 Å². The number of hydrogen-bond donors (Lipinski definition) is 0. The van der Waals surface area contributed by atoms with E-state index in [1.807, 2.05) is 31.2 Å². The monoisotopic (exact) mass is 583 g/mol. The van der Waals surface area contributed by atoms with Crippen molar-refractivity contribution in [3.05, 3.63) is 87.0 Å². The molecule has 6 nitrogen and oxygen atoms in total. The first kappa shape index (κ1) is 28.6. The zero-order chi connectivity index (χ0) is 28.5. The zero-order valence-corrected chi connectivity index (χ0v) is 25.0. The molecule has 4 rings (SSSR count). The van der Waals surface area contributed by atoms with Crippen molar-refractivity contribution in [1.29, 1.82) is 5.26 Å². The van der Waals surface area contributed by atoms with Crippen molar-refractivity contribution in [3.63, 3.8) is 0 Å². The number of benzene rings is 3. The molecule has 1 aromatic heterocycles. The third kappa shape index (κ3) is 6.44. The number of rotatable bonds is 7. The topological polar surface area (TPSA) is 81.2 Å². The Bertz CT molecular complexity index is 1580. The molecule has 0 aliphatic rings. The van der Waals surface area contributed by atoms with Gasteiger partial charge in [0.1, 0.15) is 11.5 Å². The van der Waals surface area contributed by atoms with Crippen molar-refractivity contribution in [2.24, 2.45) is 0 Å². The molecule has 10 heteroatoms. The van der Waals surface area contributed by atoms with Crippen LogP contribution in [0.4, 0.5) is 4.39 Å². The van der Waals surface area contributed by atoms with Gasteiger partial charge in [-0.3, -0.25) is 0 Å². The molecular formula is C29H28Cl2FN3O3Si. The molecular weight excluding hydrogens is 556 g/mol. The van der Waals surface area contributed by atoms with Gasteiger partial charge in [-0.15, -0.1) is 10.2 Å². The van der Waals surface area contributed by atoms with Crippen molar-refractivity contribution in [1.82, 2.24) is 10.2 Å². The minimum atomic E-state index is -1.98. The van der Waals surface area contributed by atoms with Gasteiger partial charge in [-0.1, -0.05) is 50.0 Å². The first-order valence-electron chi connectivity index (χ1n) is 12.3. The van der Waals surface area contributed by atoms with E-state index >= 15 is 4.39 Å². The molecule has 0 aliphatic carbocycles. The lowest BCUT2D eigenvalue weighted by Crippen LogP contribution is -2.43. The fourth-order valence-electron chi connectivity index (χ4n) is 3.59. The van der Waals surface area contributed by atoms with E-state index < -0.39 is 14.1 Å². The molecule has 0 N–H and O–H groups in total. The van der Waals surface area contributed by atoms with E-state index in [9.17, 15) is 0 Å². The summed E-state index contributed by atoms with van der Waals surface area (Å²) in [5, 5.41) is 17.9. The molecule has 202 valence electrons. The minimum absolute atomic E-state index is 0.0248. The molecule has 39 heavy (non-hydrogen) atoms. The van der Waals surface area contributed by atoms with Crippen molar-refractivity contribution in [3.8, 4) is 34.8 Å². The second-order valence-corrected chi connectivity index (χ2v) is 16.3. The van der Waals surface area contributed by atoms with Crippen LogP contribution >= 0.6 is 23.2 Å². The Morgan fingerprint density at radius 2 is 1.77 bits per heavy atom. The molecule has 0 saturated carbocycles. The summed E-state index contributed by atoms with van der Waals surface area (Å²) in [4.78, 5) is 0. The maximum atomic E-state index is 15.4. The fourth-order valence-corrected chi connectivity index (χ4v) is 5.02. The summed E-state index contributed by atoms with van der Waals surface area (Å²) in [6, 6.07) is 15.2. The smallest absolute Gasteiger partial charge is 0.250 e. The van der Waals surface area contributed by atoms with Crippen molar-refractivity contribution >= 4 is 31.5 Å². The molecule has 0 atom stereocenters. The second-order valence-electron chi connectivity index (χ2n) is 10.8. The second kappa shape index (κ2) is 11.0. The van der Waals surface area contributed by atoms with Gasteiger partial charge in [-0.05, 0) is 73.1 Å². The highest BCUT2D eigenvalue weighted by Gasteiger charge is 2.39. The standard InChI is InChI=1S/C29H28Cl2FN3O3Si/c1-17-11-21(38-39(5,6)29(2,3)4)8-9-23(17)28-35-34-25(37-28)14-19-7-10-24(31)27(26(19)32)36-22-13-18(16-33)12-20(30)15-22/h7-13,15H,14H2,1-6H3. The number of nitrogens with zero attached hydrogens (tertiary/aromatic N) is 3. The first-order valence-corrected chi connectivity index (χ1v) is 15.9. The van der Waals surface area contributed by atoms with Crippen LogP contribution in [0.25, 0.3) is 11.5 Å². The molecule has 0 aliphatic heterocycles. The lowest BCUT2D eigenvalue weighted by Gasteiger charge is -2.36. The Balaban J connectivity index is 1.55. The molecule has 0 radical (unpaired) electrons. The summed E-state index contributed by atoms with van der Waals surface area (Å²) in [5.74, 6) is 0.689. The van der Waals surface area contributed by atoms with Gasteiger partial charge < -0.3 is 13.6 Å². The molecule has 4 aromatic rings. The van der Waals surface area contributed by atoms with Gasteiger partial charge in [0.05, 0.1) is 23.1 Å². The summed E-state index contributed by atoms with van der Waals surface area (Å²) in [6.07, 6.45) is 0.0248. The zero-order valence-electron chi connectivity index (χ0n) is 22.5. The van der Waals surface area contributed by atoms with Gasteiger partial charge in [0.2, 0.25) is 20.1 Å². The Morgan fingerprint density at radius 3 is 2.44 bits per heavy atom. The average Bonchev–Trinajstić information content (AvgIpc) is 3.30. The number of nitriles is 1. The summed E-state index contributed by atoms with van der Waals surface area (Å²) >= 11 is 12.3. The van der Waals surface area contributed by atoms with E-state index in [0.29, 0.717) is 5.89 Å². The maximum Gasteiger partial charge on any atom is 0.250 e. The van der Waals surface area contributed by atoms with Gasteiger partial charge in [0, 0.05) is 16.1 Å². The highest BCUT2D eigenvalue weighted by Crippen LogP contribution is 2.39. The maximum absolute atomic E-state index is 15.4. The van der Waals surface area contributed by atoms with Crippen molar-refractivity contribution < 1.29 is 18.0 Å². The van der Waals surface area contributed by atoms with E-state index in [1.165, 1.54) is 30.3 Å². The van der Waals surface area contributed by atoms with E-state index in [1.54, 1.807) is 0 Å². The third-order valence-corrected chi connectivity index (χ3v) is 11.6. The molecule has 0 bridgehead atoms. The van der Waals surface area contributed by atoms with Crippen molar-refractivity contribution in [2.45, 2.75) is 52.2 Å². The predicted molar refractivity (Wildman–Crippen MR) is 153 cm³/mol. The van der Waals surface area contributed by atoms with Crippen LogP contribution in [0.1, 0.15) is 43.4 Å². The van der Waals surface area contributed by atoms with E-state index in [0.717, 1.165) is 16.9 Å². The number of ether oxygens (including phenoxy) is 1. The minimum Gasteiger partial charge on any atom is -0.543 e. The van der Waals surface area contributed by atoms with Crippen LogP contribution in [0, 0.1) is 24.1 Å². The molecule has 1 heterocycles. The van der Waals surface area contributed by atoms with Gasteiger partial charge in [0.25, 0.3) is 0 Å². The SMILES string of the molecule is Cc1cc(O[Si](C)(C)C(C)(C)C)ccc1-c1nnc(Cc2ccc(Cl)c(Oc3cc(Cl)cc(C#N)c3)c2F)o1. The highest BCUT2D eigenvalue weighted by molar-refractivity contribution is 6.74. The van der Waals surface area contributed by atoms with Gasteiger partial charge in [0.15, 0.2) is 11.6 Å². The predicted octanol–water partition coefficient (Wildman–Crippen LogP) is 9.13. The molecule has 0 fully saturated rings. The van der Waals surface area contributed by atoms with Crippen molar-refractivity contribution in [2.75, 3.05) is 0 Å². The van der Waals surface area contributed by atoms with Crippen LogP contribution in [0.3, 0.4) is 0 Å². The normalized spacial score (nSPS) is 11.8. The van der Waals surface area contributed by atoms with Gasteiger partial charge >= 0.3 is 0 Å². The first-order chi connectivity index (χ1) is 18.3. The molecule has 3 aromatic carbocycles. The summed E-state index contributed by atoms with van der Waals surface area (Å²) in [7, 11) is -1.98. The third-order valence-electron chi connectivity index (χ3n) is 6.77. The lowest BCUT2D eigenvalue weighted by molar-refractivity contribution is 0.437. The van der Waals surface area contributed by atoms with E-state index in [4.69, 9.17) is 42.0 Å². The lowest BCUT2D eigenvalue weighted by atomic mass is 10.1. The summed E-state index contributed by atoms with van der Waals surface area (Å²) in [5.41, 5.74) is 2.22. The van der Waals surface area contributed by atoms with Crippen LogP contribution in [-0.2, 0) is 6.42 Å². The van der Waals surface area contributed by atoms with Gasteiger partial charge in [-0.25, -0.2) is 4.39 Å². The quantitative estimate of drug-likeness (QED) is 0.202. The summed E-state index contributed by atoms with van der Waals surface area (Å²) in [6.45, 7) is 12.9. The van der Waals surface area contributed by atoms with Crippen LogP contribution < -0.4 is 9.16 Å². The Hall–Kier alpha value is -3.38. The number of hydrogen-bond acceptors (Lipinski definition) is 6. The summed E-state index contributed by atoms with van der Waals surface area (Å²) < 4.78 is 33.4. The highest BCUT2D eigenvalue weighted by atomic mass is 35.5. The number of halogens is 3. The Labute approximate surface area is 238 Å². The molecule has 0 amide bonds. The van der Waals surface area contributed by atoms with Gasteiger partial charge in [-0.2, -0.15) is 5.26 Å². The molecule has 0 saturated heterocycles. The molecule has 0 unspecified atom stereocenters.